The molecule has 2 saturated heterocycles. The third-order valence-corrected chi connectivity index (χ3v) is 7.37. The molecule has 200 valence electrons. The lowest BCUT2D eigenvalue weighted by Gasteiger charge is -2.40. The lowest BCUT2D eigenvalue weighted by atomic mass is 10.1. The van der Waals surface area contributed by atoms with Gasteiger partial charge in [-0.1, -0.05) is 12.1 Å². The highest BCUT2D eigenvalue weighted by Gasteiger charge is 2.30. The number of carbonyl (C=O) groups is 1. The summed E-state index contributed by atoms with van der Waals surface area (Å²) in [6.07, 6.45) is 1.76. The van der Waals surface area contributed by atoms with E-state index in [0.29, 0.717) is 35.8 Å². The van der Waals surface area contributed by atoms with Crippen molar-refractivity contribution < 1.29 is 9.18 Å². The van der Waals surface area contributed by atoms with E-state index in [1.165, 1.54) is 0 Å². The molecule has 2 fully saturated rings. The second-order valence-electron chi connectivity index (χ2n) is 10.0. The van der Waals surface area contributed by atoms with Gasteiger partial charge in [-0.05, 0) is 30.8 Å². The SMILES string of the molecule is CN1CCN(c2cc(C(=O)NCc3ccc(C#N)cc3)nc3cc(-c4ccnn4C4CNC4)nn23)[C@H](CF)C1. The van der Waals surface area contributed by atoms with Crippen molar-refractivity contribution in [2.24, 2.45) is 0 Å². The van der Waals surface area contributed by atoms with E-state index >= 15 is 0 Å². The summed E-state index contributed by atoms with van der Waals surface area (Å²) in [5.41, 5.74) is 3.71. The summed E-state index contributed by atoms with van der Waals surface area (Å²) in [5, 5.41) is 24.6. The van der Waals surface area contributed by atoms with Gasteiger partial charge in [0.05, 0.1) is 29.4 Å². The van der Waals surface area contributed by atoms with E-state index in [-0.39, 0.29) is 30.2 Å². The molecule has 1 amide bonds. The molecule has 3 aromatic heterocycles. The van der Waals surface area contributed by atoms with Gasteiger partial charge in [-0.15, -0.1) is 0 Å². The highest BCUT2D eigenvalue weighted by atomic mass is 19.1. The maximum Gasteiger partial charge on any atom is 0.270 e. The van der Waals surface area contributed by atoms with E-state index in [2.05, 4.69) is 31.7 Å². The summed E-state index contributed by atoms with van der Waals surface area (Å²) in [4.78, 5) is 22.0. The highest BCUT2D eigenvalue weighted by molar-refractivity contribution is 5.93. The summed E-state index contributed by atoms with van der Waals surface area (Å²) in [5.74, 6) is 0.282. The fourth-order valence-electron chi connectivity index (χ4n) is 5.07. The Morgan fingerprint density at radius 2 is 2.03 bits per heavy atom. The Morgan fingerprint density at radius 3 is 2.74 bits per heavy atom. The van der Waals surface area contributed by atoms with Gasteiger partial charge in [0.25, 0.3) is 5.91 Å². The van der Waals surface area contributed by atoms with Gasteiger partial charge >= 0.3 is 0 Å². The average molecular weight is 529 g/mol. The van der Waals surface area contributed by atoms with Gasteiger partial charge in [0.15, 0.2) is 5.65 Å². The second kappa shape index (κ2) is 10.4. The Labute approximate surface area is 224 Å². The summed E-state index contributed by atoms with van der Waals surface area (Å²) >= 11 is 0. The lowest BCUT2D eigenvalue weighted by Crippen LogP contribution is -2.53. The first-order valence-electron chi connectivity index (χ1n) is 13.0. The number of alkyl halides is 1. The number of piperazine rings is 1. The van der Waals surface area contributed by atoms with Crippen molar-refractivity contribution in [3.63, 3.8) is 0 Å². The second-order valence-corrected chi connectivity index (χ2v) is 10.0. The van der Waals surface area contributed by atoms with Gasteiger partial charge in [-0.3, -0.25) is 9.48 Å². The Hall–Kier alpha value is -4.34. The Balaban J connectivity index is 1.37. The van der Waals surface area contributed by atoms with Crippen LogP contribution < -0.4 is 15.5 Å². The van der Waals surface area contributed by atoms with Crippen LogP contribution in [0.5, 0.6) is 0 Å². The van der Waals surface area contributed by atoms with Crippen molar-refractivity contribution in [1.82, 2.24) is 39.9 Å². The van der Waals surface area contributed by atoms with Crippen molar-refractivity contribution in [3.8, 4) is 17.5 Å². The highest BCUT2D eigenvalue weighted by Crippen LogP contribution is 2.28. The van der Waals surface area contributed by atoms with Gasteiger partial charge in [-0.2, -0.15) is 20.0 Å². The Morgan fingerprint density at radius 1 is 1.21 bits per heavy atom. The number of aromatic nitrogens is 5. The van der Waals surface area contributed by atoms with Gasteiger partial charge in [0.1, 0.15) is 23.9 Å². The molecule has 11 nitrogen and oxygen atoms in total. The van der Waals surface area contributed by atoms with Crippen molar-refractivity contribution >= 4 is 17.4 Å². The number of nitriles is 1. The number of hydrogen-bond acceptors (Lipinski definition) is 8. The monoisotopic (exact) mass is 528 g/mol. The molecule has 39 heavy (non-hydrogen) atoms. The van der Waals surface area contributed by atoms with Crippen LogP contribution in [0, 0.1) is 11.3 Å². The fraction of sp³-hybridized carbons (Fsp3) is 0.370. The number of hydrogen-bond donors (Lipinski definition) is 2. The van der Waals surface area contributed by atoms with Gasteiger partial charge in [-0.25, -0.2) is 9.37 Å². The smallest absolute Gasteiger partial charge is 0.270 e. The van der Waals surface area contributed by atoms with Crippen LogP contribution in [0.4, 0.5) is 10.2 Å². The number of nitrogens with one attached hydrogen (secondary N) is 2. The molecule has 1 atom stereocenters. The van der Waals surface area contributed by atoms with Crippen LogP contribution in [0.15, 0.2) is 48.7 Å². The van der Waals surface area contributed by atoms with E-state index in [4.69, 9.17) is 10.4 Å². The maximum absolute atomic E-state index is 14.2. The third-order valence-electron chi connectivity index (χ3n) is 7.37. The molecular formula is C27H29FN10O. The zero-order valence-corrected chi connectivity index (χ0v) is 21.6. The van der Waals surface area contributed by atoms with Crippen molar-refractivity contribution in [1.29, 1.82) is 5.26 Å². The van der Waals surface area contributed by atoms with E-state index < -0.39 is 6.67 Å². The summed E-state index contributed by atoms with van der Waals surface area (Å²) in [6.45, 7) is 3.37. The van der Waals surface area contributed by atoms with Crippen LogP contribution in [0.1, 0.15) is 27.7 Å². The summed E-state index contributed by atoms with van der Waals surface area (Å²) in [7, 11) is 1.98. The number of benzene rings is 1. The van der Waals surface area contributed by atoms with Crippen LogP contribution in [-0.2, 0) is 6.54 Å². The third kappa shape index (κ3) is 4.82. The average Bonchev–Trinajstić information content (AvgIpc) is 3.57. The summed E-state index contributed by atoms with van der Waals surface area (Å²) in [6, 6.07) is 14.5. The molecule has 2 aliphatic heterocycles. The predicted octanol–water partition coefficient (Wildman–Crippen LogP) is 1.63. The van der Waals surface area contributed by atoms with Crippen LogP contribution in [-0.4, -0.2) is 87.7 Å². The lowest BCUT2D eigenvalue weighted by molar-refractivity contribution is 0.0946. The minimum absolute atomic E-state index is 0.228. The number of fused-ring (bicyclic) bond motifs is 1. The molecular weight excluding hydrogens is 499 g/mol. The number of nitrogens with zero attached hydrogens (tertiary/aromatic N) is 8. The van der Waals surface area contributed by atoms with Gasteiger partial charge in [0.2, 0.25) is 0 Å². The van der Waals surface area contributed by atoms with E-state index in [9.17, 15) is 9.18 Å². The van der Waals surface area contributed by atoms with Crippen molar-refractivity contribution in [2.45, 2.75) is 18.6 Å². The molecule has 2 N–H and O–H groups in total. The topological polar surface area (TPSA) is 119 Å². The number of amides is 1. The van der Waals surface area contributed by atoms with Crippen LogP contribution in [0.3, 0.4) is 0 Å². The zero-order valence-electron chi connectivity index (χ0n) is 21.6. The summed E-state index contributed by atoms with van der Waals surface area (Å²) < 4.78 is 17.9. The molecule has 1 aromatic carbocycles. The van der Waals surface area contributed by atoms with Crippen LogP contribution in [0.2, 0.25) is 0 Å². The maximum atomic E-state index is 14.2. The first kappa shape index (κ1) is 25.0. The number of likely N-dealkylation sites (N-methyl/N-ethyl adjacent to an activating group) is 1. The normalized spacial score (nSPS) is 18.2. The Kier molecular flexibility index (Phi) is 6.68. The molecule has 5 heterocycles. The number of anilines is 1. The van der Waals surface area contributed by atoms with Crippen LogP contribution >= 0.6 is 0 Å². The molecule has 0 radical (unpaired) electrons. The molecule has 4 aromatic rings. The molecule has 0 unspecified atom stereocenters. The minimum atomic E-state index is -0.524. The standard InChI is InChI=1S/C27H29FN10O/c1-35-8-9-36(20(12-28)17-35)26-11-23(27(39)31-14-19-4-2-18(13-29)3-5-19)33-25-10-22(34-38(25)26)24-6-7-32-37(24)21-15-30-16-21/h2-7,10-11,20-21,30H,8-9,12,14-17H2,1H3,(H,31,39)/t20-/m1/s1. The quantitative estimate of drug-likeness (QED) is 0.372. The molecule has 0 bridgehead atoms. The largest absolute Gasteiger partial charge is 0.348 e. The number of rotatable bonds is 7. The van der Waals surface area contributed by atoms with Gasteiger partial charge < -0.3 is 20.4 Å². The van der Waals surface area contributed by atoms with E-state index in [1.54, 1.807) is 41.0 Å². The molecule has 6 rings (SSSR count). The molecule has 0 saturated carbocycles. The van der Waals surface area contributed by atoms with Gasteiger partial charge in [0, 0.05) is 57.6 Å². The first-order chi connectivity index (χ1) is 19.0. The van der Waals surface area contributed by atoms with Crippen molar-refractivity contribution in [2.75, 3.05) is 51.3 Å². The fourth-order valence-corrected chi connectivity index (χ4v) is 5.07. The predicted molar refractivity (Wildman–Crippen MR) is 143 cm³/mol. The Bertz CT molecular complexity index is 1530. The van der Waals surface area contributed by atoms with Crippen molar-refractivity contribution in [3.05, 3.63) is 65.5 Å². The minimum Gasteiger partial charge on any atom is -0.348 e. The molecule has 0 aliphatic carbocycles. The number of carbonyl (C=O) groups excluding carboxylic acids is 1. The zero-order chi connectivity index (χ0) is 26.9. The molecule has 0 spiro atoms. The molecule has 2 aliphatic rings. The first-order valence-corrected chi connectivity index (χ1v) is 13.0. The van der Waals surface area contributed by atoms with E-state index in [0.717, 1.165) is 30.9 Å². The molecule has 12 heteroatoms. The van der Waals surface area contributed by atoms with Crippen LogP contribution in [0.25, 0.3) is 17.0 Å². The van der Waals surface area contributed by atoms with E-state index in [1.807, 2.05) is 28.8 Å². The number of halogens is 1.